The Labute approximate surface area is 122 Å². The molecule has 2 heterocycles. The summed E-state index contributed by atoms with van der Waals surface area (Å²) < 4.78 is 0. The first kappa shape index (κ1) is 14.0. The topological polar surface area (TPSA) is 50.9 Å². The molecule has 0 amide bonds. The number of hydrogen-bond donors (Lipinski definition) is 2. The molecule has 0 aliphatic heterocycles. The first-order chi connectivity index (χ1) is 8.99. The highest BCUT2D eigenvalue weighted by atomic mass is 32.1. The lowest BCUT2D eigenvalue weighted by atomic mass is 9.91. The maximum Gasteiger partial charge on any atom is 0.122 e. The highest BCUT2D eigenvalue weighted by Gasteiger charge is 2.21. The summed E-state index contributed by atoms with van der Waals surface area (Å²) in [5.74, 6) is 0. The molecule has 3 N–H and O–H groups in total. The minimum Gasteiger partial charge on any atom is -0.388 e. The summed E-state index contributed by atoms with van der Waals surface area (Å²) in [5, 5.41) is 5.51. The molecule has 0 unspecified atom stereocenters. The van der Waals surface area contributed by atoms with Crippen LogP contribution in [-0.2, 0) is 5.41 Å². The van der Waals surface area contributed by atoms with Crippen molar-refractivity contribution < 1.29 is 0 Å². The second-order valence-corrected chi connectivity index (χ2v) is 6.40. The van der Waals surface area contributed by atoms with E-state index in [2.05, 4.69) is 41.7 Å². The van der Waals surface area contributed by atoms with Gasteiger partial charge in [-0.05, 0) is 23.6 Å². The minimum atomic E-state index is 0.0933. The molecular formula is C14H17N3S2. The van der Waals surface area contributed by atoms with Crippen LogP contribution in [-0.4, -0.2) is 16.5 Å². The van der Waals surface area contributed by atoms with Crippen LogP contribution in [0.4, 0.5) is 5.69 Å². The fraction of sp³-hybridized carbons (Fsp3) is 0.286. The van der Waals surface area contributed by atoms with Gasteiger partial charge in [0.1, 0.15) is 4.99 Å². The molecule has 0 aliphatic rings. The van der Waals surface area contributed by atoms with Gasteiger partial charge in [0.2, 0.25) is 0 Å². The predicted octanol–water partition coefficient (Wildman–Crippen LogP) is 3.17. The molecule has 2 aromatic rings. The fourth-order valence-electron chi connectivity index (χ4n) is 1.72. The normalized spacial score (nSPS) is 11.3. The van der Waals surface area contributed by atoms with Gasteiger partial charge in [-0.3, -0.25) is 4.98 Å². The van der Waals surface area contributed by atoms with Crippen LogP contribution in [0.15, 0.2) is 35.8 Å². The first-order valence-corrected chi connectivity index (χ1v) is 7.31. The Kier molecular flexibility index (Phi) is 4.17. The molecule has 2 aromatic heterocycles. The van der Waals surface area contributed by atoms with Crippen LogP contribution in [0.25, 0.3) is 0 Å². The molecule has 0 spiro atoms. The van der Waals surface area contributed by atoms with Crippen LogP contribution >= 0.6 is 23.6 Å². The second kappa shape index (κ2) is 5.67. The van der Waals surface area contributed by atoms with E-state index in [9.17, 15) is 0 Å². The Morgan fingerprint density at radius 2 is 2.21 bits per heavy atom. The van der Waals surface area contributed by atoms with Crippen LogP contribution in [0.5, 0.6) is 0 Å². The summed E-state index contributed by atoms with van der Waals surface area (Å²) in [4.78, 5) is 5.91. The lowest BCUT2D eigenvalue weighted by molar-refractivity contribution is 0.569. The van der Waals surface area contributed by atoms with Gasteiger partial charge < -0.3 is 11.1 Å². The number of aromatic nitrogens is 1. The van der Waals surface area contributed by atoms with Gasteiger partial charge in [-0.2, -0.15) is 0 Å². The molecule has 5 heteroatoms. The number of anilines is 1. The Hall–Kier alpha value is -1.46. The molecular weight excluding hydrogens is 274 g/mol. The molecule has 0 saturated carbocycles. The summed E-state index contributed by atoms with van der Waals surface area (Å²) >= 11 is 6.66. The van der Waals surface area contributed by atoms with E-state index < -0.39 is 0 Å². The van der Waals surface area contributed by atoms with Gasteiger partial charge in [0.05, 0.1) is 17.6 Å². The summed E-state index contributed by atoms with van der Waals surface area (Å²) in [6.07, 6.45) is 1.76. The average molecular weight is 291 g/mol. The third kappa shape index (κ3) is 3.52. The second-order valence-electron chi connectivity index (χ2n) is 5.01. The third-order valence-electron chi connectivity index (χ3n) is 2.94. The molecule has 0 aromatic carbocycles. The fourth-order valence-corrected chi connectivity index (χ4v) is 2.69. The lowest BCUT2D eigenvalue weighted by Gasteiger charge is -2.24. The van der Waals surface area contributed by atoms with Crippen molar-refractivity contribution in [1.82, 2.24) is 4.98 Å². The Balaban J connectivity index is 2.00. The lowest BCUT2D eigenvalue weighted by Crippen LogP contribution is -2.26. The van der Waals surface area contributed by atoms with Crippen molar-refractivity contribution in [1.29, 1.82) is 0 Å². The van der Waals surface area contributed by atoms with Crippen LogP contribution in [0, 0.1) is 0 Å². The van der Waals surface area contributed by atoms with E-state index >= 15 is 0 Å². The number of thiocarbonyl (C=S) groups is 1. The molecule has 0 radical (unpaired) electrons. The Bertz CT molecular complexity index is 545. The molecule has 2 rings (SSSR count). The molecule has 0 fully saturated rings. The number of nitrogens with two attached hydrogens (primary N) is 1. The monoisotopic (exact) mass is 291 g/mol. The Morgan fingerprint density at radius 3 is 2.74 bits per heavy atom. The van der Waals surface area contributed by atoms with Crippen molar-refractivity contribution >= 4 is 34.2 Å². The van der Waals surface area contributed by atoms with Gasteiger partial charge in [-0.15, -0.1) is 11.3 Å². The molecule has 100 valence electrons. The minimum absolute atomic E-state index is 0.0933. The first-order valence-electron chi connectivity index (χ1n) is 6.03. The summed E-state index contributed by atoms with van der Waals surface area (Å²) in [6, 6.07) is 8.04. The van der Waals surface area contributed by atoms with Crippen LogP contribution in [0.2, 0.25) is 0 Å². The number of thiophene rings is 1. The summed E-state index contributed by atoms with van der Waals surface area (Å²) in [7, 11) is 0. The van der Waals surface area contributed by atoms with Crippen molar-refractivity contribution in [3.8, 4) is 0 Å². The zero-order valence-corrected chi connectivity index (χ0v) is 12.6. The van der Waals surface area contributed by atoms with Crippen molar-refractivity contribution in [3.63, 3.8) is 0 Å². The average Bonchev–Trinajstić information content (AvgIpc) is 2.91. The van der Waals surface area contributed by atoms with Gasteiger partial charge in [-0.1, -0.05) is 32.1 Å². The summed E-state index contributed by atoms with van der Waals surface area (Å²) in [5.41, 5.74) is 7.24. The SMILES string of the molecule is CC(C)(CNc1ccc(C(N)=S)nc1)c1cccs1. The molecule has 0 saturated heterocycles. The van der Waals surface area contributed by atoms with Gasteiger partial charge in [0.25, 0.3) is 0 Å². The molecule has 0 bridgehead atoms. The quantitative estimate of drug-likeness (QED) is 0.831. The van der Waals surface area contributed by atoms with E-state index in [4.69, 9.17) is 18.0 Å². The van der Waals surface area contributed by atoms with E-state index in [-0.39, 0.29) is 5.41 Å². The number of pyridine rings is 1. The molecule has 0 aliphatic carbocycles. The number of hydrogen-bond acceptors (Lipinski definition) is 4. The summed E-state index contributed by atoms with van der Waals surface area (Å²) in [6.45, 7) is 5.30. The van der Waals surface area contributed by atoms with Gasteiger partial charge in [0, 0.05) is 16.8 Å². The number of nitrogens with one attached hydrogen (secondary N) is 1. The van der Waals surface area contributed by atoms with Crippen molar-refractivity contribution in [2.24, 2.45) is 5.73 Å². The van der Waals surface area contributed by atoms with Crippen molar-refractivity contribution in [2.45, 2.75) is 19.3 Å². The van der Waals surface area contributed by atoms with Crippen LogP contribution < -0.4 is 11.1 Å². The van der Waals surface area contributed by atoms with E-state index in [0.29, 0.717) is 10.7 Å². The van der Waals surface area contributed by atoms with Gasteiger partial charge in [-0.25, -0.2) is 0 Å². The molecule has 3 nitrogen and oxygen atoms in total. The van der Waals surface area contributed by atoms with Crippen LogP contribution in [0.1, 0.15) is 24.4 Å². The number of rotatable bonds is 5. The number of nitrogens with zero attached hydrogens (tertiary/aromatic N) is 1. The van der Waals surface area contributed by atoms with Gasteiger partial charge in [0.15, 0.2) is 0 Å². The highest BCUT2D eigenvalue weighted by Crippen LogP contribution is 2.27. The van der Waals surface area contributed by atoms with Crippen molar-refractivity contribution in [2.75, 3.05) is 11.9 Å². The maximum atomic E-state index is 5.52. The van der Waals surface area contributed by atoms with E-state index in [0.717, 1.165) is 12.2 Å². The largest absolute Gasteiger partial charge is 0.388 e. The molecule has 19 heavy (non-hydrogen) atoms. The van der Waals surface area contributed by atoms with E-state index in [1.165, 1.54) is 4.88 Å². The zero-order valence-electron chi connectivity index (χ0n) is 11.0. The van der Waals surface area contributed by atoms with Gasteiger partial charge >= 0.3 is 0 Å². The van der Waals surface area contributed by atoms with E-state index in [1.807, 2.05) is 12.1 Å². The van der Waals surface area contributed by atoms with E-state index in [1.54, 1.807) is 17.5 Å². The standard InChI is InChI=1S/C14H17N3S2/c1-14(2,12-4-3-7-19-12)9-17-10-5-6-11(13(15)18)16-8-10/h3-8,17H,9H2,1-2H3,(H2,15,18). The molecule has 0 atom stereocenters. The zero-order chi connectivity index (χ0) is 13.9. The highest BCUT2D eigenvalue weighted by molar-refractivity contribution is 7.80. The third-order valence-corrected chi connectivity index (χ3v) is 4.38. The van der Waals surface area contributed by atoms with Crippen LogP contribution in [0.3, 0.4) is 0 Å². The smallest absolute Gasteiger partial charge is 0.122 e. The Morgan fingerprint density at radius 1 is 1.42 bits per heavy atom. The predicted molar refractivity (Wildman–Crippen MR) is 86.0 cm³/mol. The van der Waals surface area contributed by atoms with Crippen molar-refractivity contribution in [3.05, 3.63) is 46.4 Å². The maximum absolute atomic E-state index is 5.52.